The maximum absolute atomic E-state index is 15.3. The Morgan fingerprint density at radius 3 is 0.806 bits per heavy atom. The Balaban J connectivity index is 1.24. The molecule has 0 radical (unpaired) electrons. The molecule has 6 nitrogen and oxygen atoms in total. The molecule has 11 rings (SSSR count). The third kappa shape index (κ3) is 6.21. The predicted octanol–water partition coefficient (Wildman–Crippen LogP) is 14.0. The van der Waals surface area contributed by atoms with Crippen LogP contribution in [0.25, 0.3) is 38.1 Å². The molecule has 2 heterocycles. The average molecular weight is 799 g/mol. The molecule has 6 heteroatoms. The molecule has 0 spiro atoms. The fourth-order valence-electron chi connectivity index (χ4n) is 8.88. The molecular formula is C56H38N4O2. The number of para-hydroxylation sites is 6. The highest BCUT2D eigenvalue weighted by atomic mass is 16.1. The fraction of sp³-hybridized carbons (Fsp3) is 0. The number of pyridine rings is 2. The van der Waals surface area contributed by atoms with Crippen LogP contribution in [0, 0.1) is 0 Å². The fourth-order valence-corrected chi connectivity index (χ4v) is 8.88. The van der Waals surface area contributed by atoms with Gasteiger partial charge in [-0.3, -0.25) is 9.59 Å². The topological polar surface area (TPSA) is 48.3 Å². The Kier molecular flexibility index (Phi) is 9.02. The van der Waals surface area contributed by atoms with Crippen LogP contribution in [0.3, 0.4) is 0 Å². The van der Waals surface area contributed by atoms with Crippen LogP contribution in [0.15, 0.2) is 240 Å². The molecule has 0 unspecified atom stereocenters. The van der Waals surface area contributed by atoms with Crippen molar-refractivity contribution in [2.45, 2.75) is 0 Å². The summed E-state index contributed by atoms with van der Waals surface area (Å²) in [6, 6.07) is 76.9. The van der Waals surface area contributed by atoms with Crippen LogP contribution in [-0.2, 0) is 0 Å². The second-order valence-electron chi connectivity index (χ2n) is 15.3. The van der Waals surface area contributed by atoms with Gasteiger partial charge in [-0.25, -0.2) is 0 Å². The van der Waals surface area contributed by atoms with E-state index in [9.17, 15) is 0 Å². The van der Waals surface area contributed by atoms with E-state index in [1.807, 2.05) is 170 Å². The monoisotopic (exact) mass is 798 g/mol. The van der Waals surface area contributed by atoms with Gasteiger partial charge in [0.25, 0.3) is 0 Å². The zero-order valence-electron chi connectivity index (χ0n) is 33.5. The van der Waals surface area contributed by atoms with Crippen LogP contribution in [0.4, 0.5) is 51.2 Å². The van der Waals surface area contributed by atoms with Gasteiger partial charge >= 0.3 is 0 Å². The van der Waals surface area contributed by atoms with Crippen molar-refractivity contribution in [1.29, 1.82) is 0 Å². The molecule has 62 heavy (non-hydrogen) atoms. The zero-order valence-corrected chi connectivity index (χ0v) is 33.5. The van der Waals surface area contributed by atoms with E-state index in [2.05, 4.69) is 79.8 Å². The third-order valence-electron chi connectivity index (χ3n) is 11.6. The minimum absolute atomic E-state index is 0.148. The third-order valence-corrected chi connectivity index (χ3v) is 11.6. The van der Waals surface area contributed by atoms with Gasteiger partial charge in [0, 0.05) is 72.7 Å². The molecule has 2 aromatic heterocycles. The van der Waals surface area contributed by atoms with Crippen molar-refractivity contribution in [3.63, 3.8) is 0 Å². The standard InChI is InChI=1S/C56H38N4O2/c61-55-48-35-45(57(39-19-7-1-8-20-39)40-21-9-2-10-22-40)31-33-52(48)60-53-34-32-46(58(41-23-11-3-12-24-41)42-25-13-4-14-26-42)36-49(53)56(62)51-38-47(37-50(55)54(51)60)59(43-27-15-5-16-28-43)44-29-17-6-18-30-44/h1-38H. The molecule has 9 aromatic carbocycles. The van der Waals surface area contributed by atoms with E-state index in [-0.39, 0.29) is 10.9 Å². The van der Waals surface area contributed by atoms with Gasteiger partial charge in [-0.15, -0.1) is 0 Å². The van der Waals surface area contributed by atoms with Crippen LogP contribution >= 0.6 is 0 Å². The summed E-state index contributed by atoms with van der Waals surface area (Å²) in [6.07, 6.45) is 0. The maximum Gasteiger partial charge on any atom is 0.197 e. The molecule has 0 amide bonds. The summed E-state index contributed by atoms with van der Waals surface area (Å²) in [5, 5.41) is 2.01. The van der Waals surface area contributed by atoms with Crippen molar-refractivity contribution in [1.82, 2.24) is 4.40 Å². The van der Waals surface area contributed by atoms with Crippen molar-refractivity contribution < 1.29 is 0 Å². The number of nitrogens with zero attached hydrogens (tertiary/aromatic N) is 4. The van der Waals surface area contributed by atoms with E-state index in [0.717, 1.165) is 45.5 Å². The minimum Gasteiger partial charge on any atom is -0.310 e. The number of aromatic nitrogens is 1. The Hall–Kier alpha value is -8.48. The number of hydrogen-bond acceptors (Lipinski definition) is 5. The quantitative estimate of drug-likeness (QED) is 0.108. The van der Waals surface area contributed by atoms with Crippen molar-refractivity contribution in [2.75, 3.05) is 14.7 Å². The van der Waals surface area contributed by atoms with E-state index >= 15 is 9.59 Å². The van der Waals surface area contributed by atoms with Crippen LogP contribution in [0.1, 0.15) is 0 Å². The van der Waals surface area contributed by atoms with Crippen molar-refractivity contribution >= 4 is 89.3 Å². The smallest absolute Gasteiger partial charge is 0.197 e. The van der Waals surface area contributed by atoms with Gasteiger partial charge in [-0.1, -0.05) is 109 Å². The second-order valence-corrected chi connectivity index (χ2v) is 15.3. The van der Waals surface area contributed by atoms with E-state index in [4.69, 9.17) is 0 Å². The molecule has 0 bridgehead atoms. The van der Waals surface area contributed by atoms with Crippen molar-refractivity contribution in [3.05, 3.63) is 251 Å². The van der Waals surface area contributed by atoms with E-state index in [1.165, 1.54) is 0 Å². The lowest BCUT2D eigenvalue weighted by Crippen LogP contribution is -2.18. The largest absolute Gasteiger partial charge is 0.310 e. The number of fused-ring (bicyclic) bond motifs is 4. The summed E-state index contributed by atoms with van der Waals surface area (Å²) >= 11 is 0. The first-order valence-corrected chi connectivity index (χ1v) is 20.7. The van der Waals surface area contributed by atoms with Crippen molar-refractivity contribution in [2.24, 2.45) is 0 Å². The molecule has 0 saturated heterocycles. The normalized spacial score (nSPS) is 11.4. The SMILES string of the molecule is O=c1c2cc(N(c3ccccc3)c3ccccc3)ccc2n2c3ccc(N(c4ccccc4)c4ccccc4)cc3c(=O)c3cc(N(c4ccccc4)c4ccccc4)cc1c32. The molecule has 0 N–H and O–H groups in total. The number of rotatable bonds is 9. The Labute approximate surface area is 358 Å². The van der Waals surface area contributed by atoms with Gasteiger partial charge in [0.15, 0.2) is 10.9 Å². The van der Waals surface area contributed by atoms with Gasteiger partial charge in [0.1, 0.15) is 0 Å². The molecule has 0 aliphatic heterocycles. The minimum atomic E-state index is -0.148. The summed E-state index contributed by atoms with van der Waals surface area (Å²) < 4.78 is 2.12. The van der Waals surface area contributed by atoms with Gasteiger partial charge < -0.3 is 19.1 Å². The lowest BCUT2D eigenvalue weighted by Gasteiger charge is -2.27. The Bertz CT molecular complexity index is 3190. The Morgan fingerprint density at radius 2 is 0.516 bits per heavy atom. The molecule has 0 saturated carbocycles. The zero-order chi connectivity index (χ0) is 41.6. The summed E-state index contributed by atoms with van der Waals surface area (Å²) in [7, 11) is 0. The predicted molar refractivity (Wildman–Crippen MR) is 258 cm³/mol. The van der Waals surface area contributed by atoms with E-state index < -0.39 is 0 Å². The highest BCUT2D eigenvalue weighted by Gasteiger charge is 2.24. The molecule has 11 aromatic rings. The van der Waals surface area contributed by atoms with E-state index in [1.54, 1.807) is 0 Å². The first kappa shape index (κ1) is 36.6. The van der Waals surface area contributed by atoms with Crippen LogP contribution in [0.5, 0.6) is 0 Å². The molecule has 0 aliphatic rings. The number of anilines is 9. The average Bonchev–Trinajstić information content (AvgIpc) is 3.34. The molecule has 294 valence electrons. The summed E-state index contributed by atoms with van der Waals surface area (Å²) in [4.78, 5) is 37.1. The number of hydrogen-bond donors (Lipinski definition) is 0. The van der Waals surface area contributed by atoms with Gasteiger partial charge in [-0.05, 0) is 121 Å². The Morgan fingerprint density at radius 1 is 0.258 bits per heavy atom. The number of benzene rings is 9. The molecule has 0 atom stereocenters. The summed E-state index contributed by atoms with van der Waals surface area (Å²) in [6.45, 7) is 0. The first-order chi connectivity index (χ1) is 30.6. The lowest BCUT2D eigenvalue weighted by molar-refractivity contribution is 1.26. The second kappa shape index (κ2) is 15.3. The summed E-state index contributed by atoms with van der Waals surface area (Å²) in [5.41, 5.74) is 9.81. The molecule has 0 aliphatic carbocycles. The van der Waals surface area contributed by atoms with Gasteiger partial charge in [0.2, 0.25) is 0 Å². The van der Waals surface area contributed by atoms with E-state index in [0.29, 0.717) is 43.8 Å². The van der Waals surface area contributed by atoms with Gasteiger partial charge in [-0.2, -0.15) is 0 Å². The van der Waals surface area contributed by atoms with Crippen molar-refractivity contribution in [3.8, 4) is 0 Å². The molecular weight excluding hydrogens is 761 g/mol. The highest BCUT2D eigenvalue weighted by molar-refractivity contribution is 6.11. The lowest BCUT2D eigenvalue weighted by atomic mass is 10.00. The van der Waals surface area contributed by atoms with Crippen LogP contribution < -0.4 is 25.6 Å². The van der Waals surface area contributed by atoms with Crippen LogP contribution in [0.2, 0.25) is 0 Å². The summed E-state index contributed by atoms with van der Waals surface area (Å²) in [5.74, 6) is 0. The highest BCUT2D eigenvalue weighted by Crippen LogP contribution is 2.41. The first-order valence-electron chi connectivity index (χ1n) is 20.7. The molecule has 0 fully saturated rings. The van der Waals surface area contributed by atoms with Gasteiger partial charge in [0.05, 0.1) is 16.6 Å². The van der Waals surface area contributed by atoms with Crippen LogP contribution in [-0.4, -0.2) is 4.40 Å². The maximum atomic E-state index is 15.3.